The normalized spacial score (nSPS) is 14.3. The molecule has 0 aliphatic carbocycles. The summed E-state index contributed by atoms with van der Waals surface area (Å²) in [6.07, 6.45) is 0.260. The van der Waals surface area contributed by atoms with Gasteiger partial charge in [0, 0.05) is 6.54 Å². The van der Waals surface area contributed by atoms with E-state index in [0.29, 0.717) is 12.1 Å². The number of alkyl halides is 1. The predicted molar refractivity (Wildman–Crippen MR) is 64.5 cm³/mol. The fourth-order valence-corrected chi connectivity index (χ4v) is 1.91. The second kappa shape index (κ2) is 6.35. The van der Waals surface area contributed by atoms with Gasteiger partial charge in [-0.2, -0.15) is 0 Å². The summed E-state index contributed by atoms with van der Waals surface area (Å²) in [7, 11) is 0. The number of benzene rings is 1. The van der Waals surface area contributed by atoms with Crippen LogP contribution in [0.15, 0.2) is 24.3 Å². The van der Waals surface area contributed by atoms with Gasteiger partial charge in [-0.3, -0.25) is 9.18 Å². The predicted octanol–water partition coefficient (Wildman–Crippen LogP) is 2.31. The number of aliphatic carboxylic acids is 1. The highest BCUT2D eigenvalue weighted by Gasteiger charge is 2.26. The van der Waals surface area contributed by atoms with Gasteiger partial charge in [0.05, 0.1) is 12.6 Å². The fraction of sp³-hybridized carbons (Fsp3) is 0.462. The molecule has 3 N–H and O–H groups in total. The number of carboxylic acid groups (broad SMARTS) is 1. The van der Waals surface area contributed by atoms with E-state index in [-0.39, 0.29) is 12.3 Å². The second-order valence-corrected chi connectivity index (χ2v) is 4.22. The van der Waals surface area contributed by atoms with Gasteiger partial charge in [-0.1, -0.05) is 31.2 Å². The van der Waals surface area contributed by atoms with E-state index in [1.54, 1.807) is 19.1 Å². The molecule has 94 valence electrons. The lowest BCUT2D eigenvalue weighted by molar-refractivity contribution is -0.140. The molecule has 2 atom stereocenters. The molecular formula is C13H18FNO2. The van der Waals surface area contributed by atoms with Crippen LogP contribution in [-0.4, -0.2) is 17.8 Å². The molecule has 3 nitrogen and oxygen atoms in total. The molecule has 2 unspecified atom stereocenters. The number of halogens is 1. The third-order valence-electron chi connectivity index (χ3n) is 2.97. The Bertz CT molecular complexity index is 364. The minimum atomic E-state index is -0.911. The molecule has 17 heavy (non-hydrogen) atoms. The second-order valence-electron chi connectivity index (χ2n) is 4.22. The van der Waals surface area contributed by atoms with Crippen molar-refractivity contribution in [3.8, 4) is 0 Å². The maximum Gasteiger partial charge on any atom is 0.311 e. The highest BCUT2D eigenvalue weighted by atomic mass is 19.1. The van der Waals surface area contributed by atoms with Crippen molar-refractivity contribution in [2.45, 2.75) is 25.8 Å². The van der Waals surface area contributed by atoms with Crippen LogP contribution in [0.2, 0.25) is 0 Å². The molecule has 0 aliphatic rings. The topological polar surface area (TPSA) is 63.3 Å². The Morgan fingerprint density at radius 2 is 2.00 bits per heavy atom. The van der Waals surface area contributed by atoms with Crippen molar-refractivity contribution in [1.29, 1.82) is 0 Å². The molecule has 0 saturated heterocycles. The van der Waals surface area contributed by atoms with Crippen LogP contribution in [0, 0.1) is 5.92 Å². The molecule has 0 spiro atoms. The van der Waals surface area contributed by atoms with Crippen LogP contribution in [-0.2, 0) is 11.3 Å². The van der Waals surface area contributed by atoms with Crippen molar-refractivity contribution in [1.82, 2.24) is 0 Å². The average Bonchev–Trinajstić information content (AvgIpc) is 2.30. The first kappa shape index (κ1) is 13.6. The van der Waals surface area contributed by atoms with Crippen LogP contribution in [0.5, 0.6) is 0 Å². The largest absolute Gasteiger partial charge is 0.481 e. The zero-order chi connectivity index (χ0) is 12.8. The van der Waals surface area contributed by atoms with Crippen LogP contribution in [0.25, 0.3) is 0 Å². The number of carbonyl (C=O) groups is 1. The van der Waals surface area contributed by atoms with Crippen LogP contribution < -0.4 is 5.73 Å². The Labute approximate surface area is 100 Å². The lowest BCUT2D eigenvalue weighted by Gasteiger charge is -2.19. The number of nitrogens with two attached hydrogens (primary N) is 1. The minimum absolute atomic E-state index is 0.221. The molecule has 0 aliphatic heterocycles. The van der Waals surface area contributed by atoms with Crippen LogP contribution in [0.3, 0.4) is 0 Å². The van der Waals surface area contributed by atoms with E-state index in [1.165, 1.54) is 0 Å². The smallest absolute Gasteiger partial charge is 0.311 e. The number of hydrogen-bond acceptors (Lipinski definition) is 2. The van der Waals surface area contributed by atoms with Crippen LogP contribution >= 0.6 is 0 Å². The monoisotopic (exact) mass is 239 g/mol. The average molecular weight is 239 g/mol. The summed E-state index contributed by atoms with van der Waals surface area (Å²) in [5.74, 6) is -1.79. The molecule has 0 radical (unpaired) electrons. The Balaban J connectivity index is 2.93. The van der Waals surface area contributed by atoms with Gasteiger partial charge in [-0.15, -0.1) is 0 Å². The summed E-state index contributed by atoms with van der Waals surface area (Å²) in [4.78, 5) is 11.2. The van der Waals surface area contributed by atoms with E-state index < -0.39 is 18.6 Å². The Morgan fingerprint density at radius 3 is 2.41 bits per heavy atom. The SMILES string of the molecule is CC(CCF)C(C(=O)O)c1ccc(CN)cc1. The number of rotatable bonds is 6. The van der Waals surface area contributed by atoms with Crippen molar-refractivity contribution in [3.05, 3.63) is 35.4 Å². The van der Waals surface area contributed by atoms with E-state index in [1.807, 2.05) is 12.1 Å². The first-order valence-electron chi connectivity index (χ1n) is 5.67. The molecule has 1 aromatic rings. The molecule has 0 aromatic heterocycles. The minimum Gasteiger partial charge on any atom is -0.481 e. The number of hydrogen-bond donors (Lipinski definition) is 2. The van der Waals surface area contributed by atoms with Gasteiger partial charge >= 0.3 is 5.97 Å². The van der Waals surface area contributed by atoms with Gasteiger partial charge in [0.25, 0.3) is 0 Å². The first-order chi connectivity index (χ1) is 8.10. The lowest BCUT2D eigenvalue weighted by atomic mass is 9.85. The first-order valence-corrected chi connectivity index (χ1v) is 5.67. The Morgan fingerprint density at radius 1 is 1.41 bits per heavy atom. The van der Waals surface area contributed by atoms with Gasteiger partial charge < -0.3 is 10.8 Å². The molecule has 0 bridgehead atoms. The maximum absolute atomic E-state index is 12.3. The third kappa shape index (κ3) is 3.53. The highest BCUT2D eigenvalue weighted by molar-refractivity contribution is 5.76. The molecule has 1 rings (SSSR count). The van der Waals surface area contributed by atoms with E-state index in [2.05, 4.69) is 0 Å². The molecule has 1 aromatic carbocycles. The van der Waals surface area contributed by atoms with Gasteiger partial charge in [0.1, 0.15) is 0 Å². The van der Waals surface area contributed by atoms with E-state index in [0.717, 1.165) is 5.56 Å². The quantitative estimate of drug-likeness (QED) is 0.800. The van der Waals surface area contributed by atoms with E-state index >= 15 is 0 Å². The number of carboxylic acids is 1. The summed E-state index contributed by atoms with van der Waals surface area (Å²) in [5.41, 5.74) is 7.14. The van der Waals surface area contributed by atoms with Gasteiger partial charge in [-0.25, -0.2) is 0 Å². The zero-order valence-corrected chi connectivity index (χ0v) is 9.90. The summed E-state index contributed by atoms with van der Waals surface area (Å²) in [5, 5.41) is 9.20. The van der Waals surface area contributed by atoms with Crippen molar-refractivity contribution in [2.24, 2.45) is 11.7 Å². The Hall–Kier alpha value is -1.42. The summed E-state index contributed by atoms with van der Waals surface area (Å²) in [6, 6.07) is 7.15. The van der Waals surface area contributed by atoms with Crippen molar-refractivity contribution < 1.29 is 14.3 Å². The van der Waals surface area contributed by atoms with Crippen molar-refractivity contribution in [3.63, 3.8) is 0 Å². The molecule has 0 amide bonds. The fourth-order valence-electron chi connectivity index (χ4n) is 1.91. The summed E-state index contributed by atoms with van der Waals surface area (Å²) >= 11 is 0. The third-order valence-corrected chi connectivity index (χ3v) is 2.97. The van der Waals surface area contributed by atoms with Crippen LogP contribution in [0.1, 0.15) is 30.4 Å². The van der Waals surface area contributed by atoms with E-state index in [4.69, 9.17) is 5.73 Å². The van der Waals surface area contributed by atoms with Gasteiger partial charge in [0.15, 0.2) is 0 Å². The van der Waals surface area contributed by atoms with Crippen molar-refractivity contribution in [2.75, 3.05) is 6.67 Å². The maximum atomic E-state index is 12.3. The molecule has 0 heterocycles. The molecule has 0 fully saturated rings. The van der Waals surface area contributed by atoms with Crippen molar-refractivity contribution >= 4 is 5.97 Å². The lowest BCUT2D eigenvalue weighted by Crippen LogP contribution is -2.20. The highest BCUT2D eigenvalue weighted by Crippen LogP contribution is 2.27. The summed E-state index contributed by atoms with van der Waals surface area (Å²) in [6.45, 7) is 1.69. The van der Waals surface area contributed by atoms with Gasteiger partial charge in [-0.05, 0) is 23.5 Å². The van der Waals surface area contributed by atoms with Gasteiger partial charge in [0.2, 0.25) is 0 Å². The molecule has 0 saturated carbocycles. The standard InChI is InChI=1S/C13H18FNO2/c1-9(6-7-14)12(13(16)17)11-4-2-10(8-15)3-5-11/h2-5,9,12H,6-8,15H2,1H3,(H,16,17). The summed E-state index contributed by atoms with van der Waals surface area (Å²) < 4.78 is 12.3. The van der Waals surface area contributed by atoms with Crippen LogP contribution in [0.4, 0.5) is 4.39 Å². The zero-order valence-electron chi connectivity index (χ0n) is 9.90. The van der Waals surface area contributed by atoms with E-state index in [9.17, 15) is 14.3 Å². The Kier molecular flexibility index (Phi) is 5.10. The molecular weight excluding hydrogens is 221 g/mol. The molecule has 4 heteroatoms.